The third-order valence-corrected chi connectivity index (χ3v) is 4.18. The zero-order chi connectivity index (χ0) is 12.9. The van der Waals surface area contributed by atoms with E-state index >= 15 is 0 Å². The summed E-state index contributed by atoms with van der Waals surface area (Å²) in [6.45, 7) is 0. The number of hydrogen-bond donors (Lipinski definition) is 0. The van der Waals surface area contributed by atoms with Crippen molar-refractivity contribution in [3.63, 3.8) is 0 Å². The molecule has 2 unspecified atom stereocenters. The fourth-order valence-corrected chi connectivity index (χ4v) is 3.07. The molecule has 0 spiro atoms. The molecule has 0 heterocycles. The molecule has 19 heavy (non-hydrogen) atoms. The number of carbonyl (C=O) groups excluding carboxylic acids is 2. The molecule has 2 aliphatic carbocycles. The Morgan fingerprint density at radius 1 is 0.789 bits per heavy atom. The first-order valence-corrected chi connectivity index (χ1v) is 6.35. The molecule has 0 radical (unpaired) electrons. The maximum Gasteiger partial charge on any atom is 0.120 e. The summed E-state index contributed by atoms with van der Waals surface area (Å²) in [5.74, 6) is 0. The summed E-state index contributed by atoms with van der Waals surface area (Å²) < 4.78 is 0. The van der Waals surface area contributed by atoms with Crippen molar-refractivity contribution >= 4 is 12.6 Å². The van der Waals surface area contributed by atoms with Crippen molar-refractivity contribution in [3.05, 3.63) is 48.6 Å². The van der Waals surface area contributed by atoms with Crippen LogP contribution in [0.25, 0.3) is 0 Å². The van der Waals surface area contributed by atoms with Crippen molar-refractivity contribution in [1.82, 2.24) is 0 Å². The zero-order valence-corrected chi connectivity index (χ0v) is 11.6. The van der Waals surface area contributed by atoms with Crippen LogP contribution in [-0.2, 0) is 9.59 Å². The average molecular weight is 278 g/mol. The number of carbonyl (C=O) groups is 2. The quantitative estimate of drug-likeness (QED) is 0.672. The van der Waals surface area contributed by atoms with Gasteiger partial charge in [0.25, 0.3) is 0 Å². The largest absolute Gasteiger partial charge is 1.00 e. The molecule has 0 amide bonds. The Labute approximate surface area is 120 Å². The molecule has 0 fully saturated rings. The molecule has 2 atom stereocenters. The molecule has 0 N–H and O–H groups in total. The lowest BCUT2D eigenvalue weighted by Gasteiger charge is -2.47. The molecule has 0 saturated heterocycles. The average Bonchev–Trinajstić information content (AvgIpc) is 2.41. The van der Waals surface area contributed by atoms with Crippen LogP contribution in [0.4, 0.5) is 0 Å². The standard InChI is InChI=1S/C16H18O2.ClH/c17-13-11-15(7-3-1-4-8-15)16(12-14-18)9-5-2-6-10-16;/h1-7,9,13-14H,8,10-12H2;1H/p-1. The minimum atomic E-state index is -0.258. The number of allylic oxidation sites excluding steroid dienone is 8. The summed E-state index contributed by atoms with van der Waals surface area (Å²) in [6.07, 6.45) is 20.9. The van der Waals surface area contributed by atoms with E-state index in [1.807, 2.05) is 24.3 Å². The minimum absolute atomic E-state index is 0. The van der Waals surface area contributed by atoms with Gasteiger partial charge in [0.2, 0.25) is 0 Å². The van der Waals surface area contributed by atoms with Crippen molar-refractivity contribution in [2.45, 2.75) is 25.7 Å². The second-order valence-electron chi connectivity index (χ2n) is 5.04. The van der Waals surface area contributed by atoms with Crippen molar-refractivity contribution in [2.75, 3.05) is 0 Å². The highest BCUT2D eigenvalue weighted by molar-refractivity contribution is 5.57. The van der Waals surface area contributed by atoms with E-state index in [1.165, 1.54) is 0 Å². The first-order chi connectivity index (χ1) is 8.79. The molecule has 0 bridgehead atoms. The molecule has 102 valence electrons. The molecule has 0 aromatic rings. The zero-order valence-electron chi connectivity index (χ0n) is 10.8. The highest BCUT2D eigenvalue weighted by Gasteiger charge is 2.46. The fraction of sp³-hybridized carbons (Fsp3) is 0.375. The van der Waals surface area contributed by atoms with E-state index in [4.69, 9.17) is 0 Å². The molecule has 0 aromatic heterocycles. The molecular weight excluding hydrogens is 260 g/mol. The first-order valence-electron chi connectivity index (χ1n) is 6.35. The number of hydrogen-bond acceptors (Lipinski definition) is 2. The van der Waals surface area contributed by atoms with Crippen LogP contribution >= 0.6 is 0 Å². The third kappa shape index (κ3) is 2.79. The van der Waals surface area contributed by atoms with Gasteiger partial charge in [-0.05, 0) is 12.8 Å². The van der Waals surface area contributed by atoms with Crippen molar-refractivity contribution in [3.8, 4) is 0 Å². The summed E-state index contributed by atoms with van der Waals surface area (Å²) in [5, 5.41) is 0. The number of rotatable bonds is 5. The summed E-state index contributed by atoms with van der Waals surface area (Å²) in [7, 11) is 0. The fourth-order valence-electron chi connectivity index (χ4n) is 3.07. The number of halogens is 1. The predicted molar refractivity (Wildman–Crippen MR) is 72.0 cm³/mol. The predicted octanol–water partition coefficient (Wildman–Crippen LogP) is 0.173. The summed E-state index contributed by atoms with van der Waals surface area (Å²) in [4.78, 5) is 22.2. The highest BCUT2D eigenvalue weighted by atomic mass is 35.5. The lowest BCUT2D eigenvalue weighted by atomic mass is 9.55. The summed E-state index contributed by atoms with van der Waals surface area (Å²) in [6, 6.07) is 0. The van der Waals surface area contributed by atoms with Gasteiger partial charge in [-0.25, -0.2) is 0 Å². The lowest BCUT2D eigenvalue weighted by molar-refractivity contribution is -0.114. The van der Waals surface area contributed by atoms with Crippen LogP contribution in [0, 0.1) is 10.8 Å². The van der Waals surface area contributed by atoms with E-state index in [1.54, 1.807) is 0 Å². The molecule has 2 nitrogen and oxygen atoms in total. The van der Waals surface area contributed by atoms with Gasteiger partial charge in [-0.3, -0.25) is 0 Å². The Morgan fingerprint density at radius 3 is 1.47 bits per heavy atom. The van der Waals surface area contributed by atoms with Gasteiger partial charge in [-0.15, -0.1) is 0 Å². The molecular formula is C16H18ClO2-. The van der Waals surface area contributed by atoms with Gasteiger partial charge >= 0.3 is 0 Å². The third-order valence-electron chi connectivity index (χ3n) is 4.18. The Kier molecular flexibility index (Phi) is 5.49. The normalized spacial score (nSPS) is 31.8. The molecule has 2 rings (SSSR count). The van der Waals surface area contributed by atoms with Crippen LogP contribution in [0.1, 0.15) is 25.7 Å². The van der Waals surface area contributed by atoms with Crippen molar-refractivity contribution < 1.29 is 22.0 Å². The van der Waals surface area contributed by atoms with Crippen LogP contribution in [0.15, 0.2) is 48.6 Å². The van der Waals surface area contributed by atoms with E-state index in [2.05, 4.69) is 24.3 Å². The van der Waals surface area contributed by atoms with E-state index in [0.717, 1.165) is 25.4 Å². The first kappa shape index (κ1) is 15.6. The second kappa shape index (κ2) is 6.67. The van der Waals surface area contributed by atoms with Crippen LogP contribution in [0.5, 0.6) is 0 Å². The summed E-state index contributed by atoms with van der Waals surface area (Å²) >= 11 is 0. The van der Waals surface area contributed by atoms with Crippen LogP contribution < -0.4 is 12.4 Å². The van der Waals surface area contributed by atoms with Gasteiger partial charge in [0.1, 0.15) is 12.6 Å². The van der Waals surface area contributed by atoms with Crippen molar-refractivity contribution in [1.29, 1.82) is 0 Å². The maximum absolute atomic E-state index is 11.1. The highest BCUT2D eigenvalue weighted by Crippen LogP contribution is 2.53. The minimum Gasteiger partial charge on any atom is -1.00 e. The van der Waals surface area contributed by atoms with Crippen LogP contribution in [0.2, 0.25) is 0 Å². The Balaban J connectivity index is 0.00000180. The van der Waals surface area contributed by atoms with Gasteiger partial charge in [0.05, 0.1) is 0 Å². The van der Waals surface area contributed by atoms with E-state index in [9.17, 15) is 9.59 Å². The van der Waals surface area contributed by atoms with Crippen molar-refractivity contribution in [2.24, 2.45) is 10.8 Å². The van der Waals surface area contributed by atoms with Crippen LogP contribution in [0.3, 0.4) is 0 Å². The lowest BCUT2D eigenvalue weighted by Crippen LogP contribution is -3.00. The van der Waals surface area contributed by atoms with Gasteiger partial charge in [0.15, 0.2) is 0 Å². The Bertz CT molecular complexity index is 398. The topological polar surface area (TPSA) is 34.1 Å². The smallest absolute Gasteiger partial charge is 0.120 e. The second-order valence-corrected chi connectivity index (χ2v) is 5.04. The van der Waals surface area contributed by atoms with Gasteiger partial charge in [-0.1, -0.05) is 48.6 Å². The number of aldehydes is 2. The van der Waals surface area contributed by atoms with E-state index < -0.39 is 0 Å². The van der Waals surface area contributed by atoms with Gasteiger partial charge < -0.3 is 22.0 Å². The van der Waals surface area contributed by atoms with Gasteiger partial charge in [0, 0.05) is 23.7 Å². The van der Waals surface area contributed by atoms with Crippen LogP contribution in [-0.4, -0.2) is 12.6 Å². The van der Waals surface area contributed by atoms with E-state index in [0.29, 0.717) is 12.8 Å². The molecule has 0 saturated carbocycles. The molecule has 3 heteroatoms. The Hall–Kier alpha value is -1.41. The maximum atomic E-state index is 11.1. The molecule has 0 aromatic carbocycles. The van der Waals surface area contributed by atoms with Gasteiger partial charge in [-0.2, -0.15) is 0 Å². The Morgan fingerprint density at radius 2 is 1.21 bits per heavy atom. The SMILES string of the molecule is O=CCC1(C2(CC=O)C=CC=CC2)C=CC=CC1.[Cl-]. The summed E-state index contributed by atoms with van der Waals surface area (Å²) in [5.41, 5.74) is -0.517. The van der Waals surface area contributed by atoms with E-state index in [-0.39, 0.29) is 23.2 Å². The monoisotopic (exact) mass is 277 g/mol. The molecule has 2 aliphatic rings. The molecule has 0 aliphatic heterocycles.